The van der Waals surface area contributed by atoms with Gasteiger partial charge in [0.1, 0.15) is 5.75 Å². The Morgan fingerprint density at radius 3 is 2.85 bits per heavy atom. The fourth-order valence-electron chi connectivity index (χ4n) is 2.99. The van der Waals surface area contributed by atoms with Crippen LogP contribution in [-0.2, 0) is 13.5 Å². The van der Waals surface area contributed by atoms with Gasteiger partial charge in [-0.1, -0.05) is 0 Å². The van der Waals surface area contributed by atoms with E-state index in [4.69, 9.17) is 4.74 Å². The van der Waals surface area contributed by atoms with Crippen LogP contribution >= 0.6 is 0 Å². The highest BCUT2D eigenvalue weighted by atomic mass is 16.5. The average molecular weight is 362 g/mol. The van der Waals surface area contributed by atoms with Gasteiger partial charge in [-0.2, -0.15) is 0 Å². The molecule has 0 atom stereocenters. The Labute approximate surface area is 155 Å². The second kappa shape index (κ2) is 7.03. The van der Waals surface area contributed by atoms with E-state index in [1.807, 2.05) is 12.1 Å². The molecule has 27 heavy (non-hydrogen) atoms. The third-order valence-electron chi connectivity index (χ3n) is 4.53. The summed E-state index contributed by atoms with van der Waals surface area (Å²) in [5.74, 6) is 1.11. The van der Waals surface area contributed by atoms with Crippen molar-refractivity contribution < 1.29 is 9.53 Å². The summed E-state index contributed by atoms with van der Waals surface area (Å²) in [4.78, 5) is 33.2. The standard InChI is InChI=1S/C20H18N4O3/c1-24-19(26)11-16(13-4-7-21-8-5-13)23-20(24)22-12-17(25)14-2-3-18-15(10-14)6-9-27-18/h2-5,7-8,10-11H,6,9,12H2,1H3,(H,22,23). The SMILES string of the molecule is Cn1c(NCC(=O)c2ccc3c(c2)CCO3)nc(-c2ccncc2)cc1=O. The molecule has 0 bridgehead atoms. The molecule has 0 amide bonds. The van der Waals surface area contributed by atoms with Gasteiger partial charge in [-0.15, -0.1) is 0 Å². The summed E-state index contributed by atoms with van der Waals surface area (Å²) in [6.07, 6.45) is 4.10. The zero-order valence-electron chi connectivity index (χ0n) is 14.8. The van der Waals surface area contributed by atoms with Crippen LogP contribution in [0.15, 0.2) is 53.6 Å². The van der Waals surface area contributed by atoms with Crippen LogP contribution in [0.5, 0.6) is 5.75 Å². The molecule has 0 spiro atoms. The van der Waals surface area contributed by atoms with E-state index in [-0.39, 0.29) is 17.9 Å². The van der Waals surface area contributed by atoms with Gasteiger partial charge in [-0.05, 0) is 35.9 Å². The summed E-state index contributed by atoms with van der Waals surface area (Å²) in [7, 11) is 1.62. The van der Waals surface area contributed by atoms with Crippen molar-refractivity contribution in [3.05, 3.63) is 70.3 Å². The van der Waals surface area contributed by atoms with Crippen molar-refractivity contribution in [1.82, 2.24) is 14.5 Å². The highest BCUT2D eigenvalue weighted by Crippen LogP contribution is 2.26. The van der Waals surface area contributed by atoms with Crippen molar-refractivity contribution in [3.8, 4) is 17.0 Å². The Kier molecular flexibility index (Phi) is 4.42. The molecule has 0 unspecified atom stereocenters. The van der Waals surface area contributed by atoms with E-state index in [9.17, 15) is 9.59 Å². The monoisotopic (exact) mass is 362 g/mol. The number of Topliss-reactive ketones (excluding diaryl/α,β-unsaturated/α-hetero) is 1. The Morgan fingerprint density at radius 1 is 1.22 bits per heavy atom. The van der Waals surface area contributed by atoms with Crippen molar-refractivity contribution in [2.45, 2.75) is 6.42 Å². The van der Waals surface area contributed by atoms with Crippen LogP contribution in [0.3, 0.4) is 0 Å². The van der Waals surface area contributed by atoms with Crippen LogP contribution in [0.4, 0.5) is 5.95 Å². The second-order valence-corrected chi connectivity index (χ2v) is 6.30. The lowest BCUT2D eigenvalue weighted by molar-refractivity contribution is 0.101. The number of hydrogen-bond acceptors (Lipinski definition) is 6. The lowest BCUT2D eigenvalue weighted by Gasteiger charge is -2.11. The zero-order valence-corrected chi connectivity index (χ0v) is 14.8. The number of pyridine rings is 1. The summed E-state index contributed by atoms with van der Waals surface area (Å²) < 4.78 is 6.85. The molecule has 0 fully saturated rings. The van der Waals surface area contributed by atoms with Gasteiger partial charge in [0.25, 0.3) is 5.56 Å². The summed E-state index contributed by atoms with van der Waals surface area (Å²) in [6, 6.07) is 10.5. The molecule has 1 aliphatic heterocycles. The van der Waals surface area contributed by atoms with Crippen LogP contribution < -0.4 is 15.6 Å². The molecule has 1 aromatic carbocycles. The van der Waals surface area contributed by atoms with Gasteiger partial charge in [0.15, 0.2) is 5.78 Å². The van der Waals surface area contributed by atoms with Crippen LogP contribution in [0, 0.1) is 0 Å². The minimum atomic E-state index is -0.207. The van der Waals surface area contributed by atoms with Crippen LogP contribution in [0.1, 0.15) is 15.9 Å². The minimum Gasteiger partial charge on any atom is -0.493 e. The first kappa shape index (κ1) is 17.0. The second-order valence-electron chi connectivity index (χ2n) is 6.30. The fraction of sp³-hybridized carbons (Fsp3) is 0.200. The molecule has 0 aliphatic carbocycles. The average Bonchev–Trinajstić information content (AvgIpc) is 3.17. The van der Waals surface area contributed by atoms with E-state index in [2.05, 4.69) is 15.3 Å². The van der Waals surface area contributed by atoms with E-state index >= 15 is 0 Å². The molecule has 4 rings (SSSR count). The number of carbonyl (C=O) groups excluding carboxylic acids is 1. The van der Waals surface area contributed by atoms with Gasteiger partial charge in [0, 0.05) is 43.1 Å². The molecular formula is C20H18N4O3. The highest BCUT2D eigenvalue weighted by molar-refractivity contribution is 5.99. The topological polar surface area (TPSA) is 86.1 Å². The number of ether oxygens (including phenoxy) is 1. The Balaban J connectivity index is 1.55. The lowest BCUT2D eigenvalue weighted by atomic mass is 10.1. The van der Waals surface area contributed by atoms with Gasteiger partial charge in [-0.25, -0.2) is 4.98 Å². The van der Waals surface area contributed by atoms with Crippen LogP contribution in [-0.4, -0.2) is 33.5 Å². The van der Waals surface area contributed by atoms with E-state index in [0.717, 1.165) is 23.3 Å². The maximum Gasteiger partial charge on any atom is 0.255 e. The number of fused-ring (bicyclic) bond motifs is 1. The summed E-state index contributed by atoms with van der Waals surface area (Å²) in [6.45, 7) is 0.693. The maximum atomic E-state index is 12.5. The minimum absolute atomic E-state index is 0.0414. The number of ketones is 1. The van der Waals surface area contributed by atoms with Gasteiger partial charge < -0.3 is 10.1 Å². The largest absolute Gasteiger partial charge is 0.493 e. The smallest absolute Gasteiger partial charge is 0.255 e. The number of nitrogens with zero attached hydrogens (tertiary/aromatic N) is 3. The van der Waals surface area contributed by atoms with Crippen LogP contribution in [0.25, 0.3) is 11.3 Å². The molecule has 1 aliphatic rings. The molecule has 7 nitrogen and oxygen atoms in total. The van der Waals surface area contributed by atoms with E-state index in [0.29, 0.717) is 23.8 Å². The summed E-state index contributed by atoms with van der Waals surface area (Å²) >= 11 is 0. The summed E-state index contributed by atoms with van der Waals surface area (Å²) in [5.41, 5.74) is 2.77. The molecule has 0 saturated heterocycles. The van der Waals surface area contributed by atoms with E-state index in [1.165, 1.54) is 10.6 Å². The molecule has 1 N–H and O–H groups in total. The normalized spacial score (nSPS) is 12.3. The Bertz CT molecular complexity index is 1060. The molecule has 0 radical (unpaired) electrons. The predicted molar refractivity (Wildman–Crippen MR) is 101 cm³/mol. The molecule has 3 heterocycles. The van der Waals surface area contributed by atoms with Crippen molar-refractivity contribution in [3.63, 3.8) is 0 Å². The first-order valence-electron chi connectivity index (χ1n) is 8.63. The molecule has 0 saturated carbocycles. The van der Waals surface area contributed by atoms with E-state index in [1.54, 1.807) is 37.6 Å². The molecule has 7 heteroatoms. The van der Waals surface area contributed by atoms with Crippen molar-refractivity contribution >= 4 is 11.7 Å². The third-order valence-corrected chi connectivity index (χ3v) is 4.53. The van der Waals surface area contributed by atoms with Gasteiger partial charge >= 0.3 is 0 Å². The number of rotatable bonds is 5. The maximum absolute atomic E-state index is 12.5. The lowest BCUT2D eigenvalue weighted by Crippen LogP contribution is -2.24. The number of anilines is 1. The first-order chi connectivity index (χ1) is 13.1. The number of carbonyl (C=O) groups is 1. The molecule has 136 valence electrons. The van der Waals surface area contributed by atoms with Gasteiger partial charge in [0.2, 0.25) is 5.95 Å². The fourth-order valence-corrected chi connectivity index (χ4v) is 2.99. The van der Waals surface area contributed by atoms with Gasteiger partial charge in [0.05, 0.1) is 18.8 Å². The zero-order chi connectivity index (χ0) is 18.8. The molecule has 3 aromatic rings. The third kappa shape index (κ3) is 3.44. The quantitative estimate of drug-likeness (QED) is 0.700. The highest BCUT2D eigenvalue weighted by Gasteiger charge is 2.15. The van der Waals surface area contributed by atoms with E-state index < -0.39 is 0 Å². The first-order valence-corrected chi connectivity index (χ1v) is 8.63. The number of aromatic nitrogens is 3. The number of nitrogens with one attached hydrogen (secondary N) is 1. The number of benzene rings is 1. The Morgan fingerprint density at radius 2 is 2.04 bits per heavy atom. The Hall–Kier alpha value is -3.48. The van der Waals surface area contributed by atoms with Crippen LogP contribution in [0.2, 0.25) is 0 Å². The molecule has 2 aromatic heterocycles. The van der Waals surface area contributed by atoms with Crippen molar-refractivity contribution in [2.75, 3.05) is 18.5 Å². The summed E-state index contributed by atoms with van der Waals surface area (Å²) in [5, 5.41) is 2.99. The van der Waals surface area contributed by atoms with Gasteiger partial charge in [-0.3, -0.25) is 19.1 Å². The predicted octanol–water partition coefficient (Wildman–Crippen LogP) is 2.07. The van der Waals surface area contributed by atoms with Crippen molar-refractivity contribution in [2.24, 2.45) is 7.05 Å². The number of hydrogen-bond donors (Lipinski definition) is 1. The molecular weight excluding hydrogens is 344 g/mol. The van der Waals surface area contributed by atoms with Crippen molar-refractivity contribution in [1.29, 1.82) is 0 Å².